The Hall–Kier alpha value is -1.65. The third-order valence-corrected chi connectivity index (χ3v) is 3.76. The lowest BCUT2D eigenvalue weighted by molar-refractivity contribution is 0.0240. The maximum absolute atomic E-state index is 5.83. The van der Waals surface area contributed by atoms with Gasteiger partial charge in [0, 0.05) is 13.1 Å². The first-order valence-corrected chi connectivity index (χ1v) is 6.68. The molecule has 3 rings (SSSR count). The lowest BCUT2D eigenvalue weighted by Gasteiger charge is -2.25. The van der Waals surface area contributed by atoms with Crippen molar-refractivity contribution in [2.75, 3.05) is 19.7 Å². The van der Waals surface area contributed by atoms with Gasteiger partial charge in [0.25, 0.3) is 0 Å². The van der Waals surface area contributed by atoms with Gasteiger partial charge in [-0.25, -0.2) is 4.98 Å². The van der Waals surface area contributed by atoms with Gasteiger partial charge >= 0.3 is 0 Å². The predicted molar refractivity (Wildman–Crippen MR) is 74.6 cm³/mol. The number of hydrogen-bond donors (Lipinski definition) is 1. The fraction of sp³-hybridized carbons (Fsp3) is 0.400. The van der Waals surface area contributed by atoms with Gasteiger partial charge < -0.3 is 14.6 Å². The monoisotopic (exact) mass is 257 g/mol. The number of aryl methyl sites for hydroxylation is 1. The summed E-state index contributed by atoms with van der Waals surface area (Å²) in [5.74, 6) is 0. The number of nitrogens with zero attached hydrogens (tertiary/aromatic N) is 2. The van der Waals surface area contributed by atoms with Gasteiger partial charge in [-0.1, -0.05) is 12.1 Å². The Bertz CT molecular complexity index is 571. The van der Waals surface area contributed by atoms with Crippen molar-refractivity contribution in [2.24, 2.45) is 0 Å². The summed E-state index contributed by atoms with van der Waals surface area (Å²) in [6, 6.07) is 6.35. The van der Waals surface area contributed by atoms with E-state index in [1.165, 1.54) is 16.8 Å². The maximum atomic E-state index is 5.83. The van der Waals surface area contributed by atoms with Gasteiger partial charge in [-0.15, -0.1) is 0 Å². The second-order valence-corrected chi connectivity index (χ2v) is 4.97. The number of rotatable bonds is 2. The molecule has 1 aliphatic heterocycles. The minimum absolute atomic E-state index is 0.0798. The van der Waals surface area contributed by atoms with E-state index in [2.05, 4.69) is 46.9 Å². The Morgan fingerprint density at radius 3 is 3.05 bits per heavy atom. The summed E-state index contributed by atoms with van der Waals surface area (Å²) in [4.78, 5) is 4.30. The molecule has 1 fully saturated rings. The highest BCUT2D eigenvalue weighted by Gasteiger charge is 2.20. The summed E-state index contributed by atoms with van der Waals surface area (Å²) in [5, 5.41) is 3.36. The Morgan fingerprint density at radius 1 is 1.37 bits per heavy atom. The molecular formula is C15H19N3O. The summed E-state index contributed by atoms with van der Waals surface area (Å²) in [7, 11) is 0. The Morgan fingerprint density at radius 2 is 2.26 bits per heavy atom. The van der Waals surface area contributed by atoms with Crippen molar-refractivity contribution in [1.82, 2.24) is 14.9 Å². The molecule has 0 aliphatic carbocycles. The van der Waals surface area contributed by atoms with Crippen LogP contribution in [0.15, 0.2) is 30.7 Å². The number of hydrogen-bond acceptors (Lipinski definition) is 3. The summed E-state index contributed by atoms with van der Waals surface area (Å²) in [6.45, 7) is 6.80. The van der Waals surface area contributed by atoms with Crippen molar-refractivity contribution in [3.05, 3.63) is 47.5 Å². The zero-order valence-corrected chi connectivity index (χ0v) is 11.4. The Kier molecular flexibility index (Phi) is 3.36. The van der Waals surface area contributed by atoms with Crippen molar-refractivity contribution in [3.63, 3.8) is 0 Å². The molecule has 1 N–H and O–H groups in total. The molecule has 100 valence electrons. The van der Waals surface area contributed by atoms with Gasteiger partial charge in [0.2, 0.25) is 0 Å². The van der Waals surface area contributed by atoms with E-state index in [4.69, 9.17) is 4.74 Å². The maximum Gasteiger partial charge on any atom is 0.112 e. The van der Waals surface area contributed by atoms with Crippen LogP contribution in [0.2, 0.25) is 0 Å². The molecule has 0 bridgehead atoms. The number of nitrogens with one attached hydrogen (secondary N) is 1. The van der Waals surface area contributed by atoms with E-state index in [1.54, 1.807) is 0 Å². The molecule has 1 aromatic carbocycles. The molecule has 2 aromatic rings. The van der Waals surface area contributed by atoms with Crippen molar-refractivity contribution >= 4 is 0 Å². The number of morpholine rings is 1. The van der Waals surface area contributed by atoms with Crippen LogP contribution >= 0.6 is 0 Å². The van der Waals surface area contributed by atoms with Crippen molar-refractivity contribution in [1.29, 1.82) is 0 Å². The van der Waals surface area contributed by atoms with Crippen LogP contribution < -0.4 is 5.32 Å². The van der Waals surface area contributed by atoms with E-state index in [-0.39, 0.29) is 6.10 Å². The fourth-order valence-corrected chi connectivity index (χ4v) is 2.50. The number of benzene rings is 1. The normalized spacial score (nSPS) is 19.6. The van der Waals surface area contributed by atoms with Crippen LogP contribution in [0.5, 0.6) is 0 Å². The fourth-order valence-electron chi connectivity index (χ4n) is 2.50. The van der Waals surface area contributed by atoms with Gasteiger partial charge in [-0.2, -0.15) is 0 Å². The highest BCUT2D eigenvalue weighted by Crippen LogP contribution is 2.24. The van der Waals surface area contributed by atoms with Gasteiger partial charge in [0.15, 0.2) is 0 Å². The number of imidazole rings is 1. The van der Waals surface area contributed by atoms with E-state index in [0.29, 0.717) is 0 Å². The molecule has 1 saturated heterocycles. The highest BCUT2D eigenvalue weighted by atomic mass is 16.5. The Labute approximate surface area is 113 Å². The van der Waals surface area contributed by atoms with E-state index >= 15 is 0 Å². The molecule has 1 unspecified atom stereocenters. The lowest BCUT2D eigenvalue weighted by Crippen LogP contribution is -2.34. The standard InChI is InChI=1S/C15H19N3O/c1-11-4-3-5-13(12(11)2)18-10-17-8-14(18)15-9-16-6-7-19-15/h3-5,8,10,15-16H,6-7,9H2,1-2H3. The molecule has 1 aliphatic rings. The Balaban J connectivity index is 2.01. The summed E-state index contributed by atoms with van der Waals surface area (Å²) < 4.78 is 7.97. The molecule has 1 aromatic heterocycles. The van der Waals surface area contributed by atoms with Crippen LogP contribution in [0, 0.1) is 13.8 Å². The molecule has 4 nitrogen and oxygen atoms in total. The zero-order valence-electron chi connectivity index (χ0n) is 11.4. The zero-order chi connectivity index (χ0) is 13.2. The molecule has 0 spiro atoms. The first-order chi connectivity index (χ1) is 9.27. The smallest absolute Gasteiger partial charge is 0.112 e. The van der Waals surface area contributed by atoms with Gasteiger partial charge in [-0.05, 0) is 31.0 Å². The van der Waals surface area contributed by atoms with E-state index in [1.807, 2.05) is 12.5 Å². The van der Waals surface area contributed by atoms with Crippen molar-refractivity contribution in [2.45, 2.75) is 20.0 Å². The second-order valence-electron chi connectivity index (χ2n) is 4.97. The van der Waals surface area contributed by atoms with Crippen LogP contribution in [0.4, 0.5) is 0 Å². The largest absolute Gasteiger partial charge is 0.369 e. The van der Waals surface area contributed by atoms with Crippen molar-refractivity contribution in [3.8, 4) is 5.69 Å². The summed E-state index contributed by atoms with van der Waals surface area (Å²) in [5.41, 5.74) is 4.87. The average molecular weight is 257 g/mol. The summed E-state index contributed by atoms with van der Waals surface area (Å²) >= 11 is 0. The molecule has 1 atom stereocenters. The van der Waals surface area contributed by atoms with Crippen molar-refractivity contribution < 1.29 is 4.74 Å². The predicted octanol–water partition coefficient (Wildman–Crippen LogP) is 2.15. The average Bonchev–Trinajstić information content (AvgIpc) is 2.92. The SMILES string of the molecule is Cc1cccc(-n2cncc2C2CNCCO2)c1C. The highest BCUT2D eigenvalue weighted by molar-refractivity contribution is 5.45. The third-order valence-electron chi connectivity index (χ3n) is 3.76. The molecule has 0 amide bonds. The third kappa shape index (κ3) is 2.29. The molecule has 4 heteroatoms. The number of ether oxygens (including phenoxy) is 1. The van der Waals surface area contributed by atoms with Crippen LogP contribution in [-0.2, 0) is 4.74 Å². The molecule has 0 radical (unpaired) electrons. The van der Waals surface area contributed by atoms with Gasteiger partial charge in [-0.3, -0.25) is 0 Å². The van der Waals surface area contributed by atoms with Crippen LogP contribution in [0.1, 0.15) is 22.9 Å². The first-order valence-electron chi connectivity index (χ1n) is 6.68. The topological polar surface area (TPSA) is 39.1 Å². The molecule has 19 heavy (non-hydrogen) atoms. The number of aromatic nitrogens is 2. The van der Waals surface area contributed by atoms with Gasteiger partial charge in [0.05, 0.1) is 30.5 Å². The minimum atomic E-state index is 0.0798. The second kappa shape index (κ2) is 5.15. The van der Waals surface area contributed by atoms with Crippen LogP contribution in [0.3, 0.4) is 0 Å². The van der Waals surface area contributed by atoms with E-state index in [9.17, 15) is 0 Å². The van der Waals surface area contributed by atoms with Crippen LogP contribution in [-0.4, -0.2) is 29.2 Å². The quantitative estimate of drug-likeness (QED) is 0.896. The van der Waals surface area contributed by atoms with Crippen LogP contribution in [0.25, 0.3) is 5.69 Å². The molecule has 0 saturated carbocycles. The first kappa shape index (κ1) is 12.4. The van der Waals surface area contributed by atoms with E-state index in [0.717, 1.165) is 25.4 Å². The van der Waals surface area contributed by atoms with E-state index < -0.39 is 0 Å². The minimum Gasteiger partial charge on any atom is -0.369 e. The molecular weight excluding hydrogens is 238 g/mol. The molecule has 2 heterocycles. The van der Waals surface area contributed by atoms with Gasteiger partial charge in [0.1, 0.15) is 6.10 Å². The lowest BCUT2D eigenvalue weighted by atomic mass is 10.1. The summed E-state index contributed by atoms with van der Waals surface area (Å²) in [6.07, 6.45) is 3.85.